The highest BCUT2D eigenvalue weighted by molar-refractivity contribution is 5.95. The Morgan fingerprint density at radius 3 is 3.11 bits per heavy atom. The minimum absolute atomic E-state index is 0.0107. The number of hydrogen-bond donors (Lipinski definition) is 2. The number of likely N-dealkylation sites (tertiary alicyclic amines) is 1. The summed E-state index contributed by atoms with van der Waals surface area (Å²) in [6.45, 7) is 0.808. The molecule has 0 saturated carbocycles. The highest BCUT2D eigenvalue weighted by atomic mass is 19.1. The maximum atomic E-state index is 13.9. The smallest absolute Gasteiger partial charge is 0.257 e. The summed E-state index contributed by atoms with van der Waals surface area (Å²) in [7, 11) is 1.55. The lowest BCUT2D eigenvalue weighted by Gasteiger charge is -2.30. The van der Waals surface area contributed by atoms with Crippen molar-refractivity contribution in [1.82, 2.24) is 9.88 Å². The van der Waals surface area contributed by atoms with Gasteiger partial charge in [-0.25, -0.2) is 9.37 Å². The van der Waals surface area contributed by atoms with Crippen molar-refractivity contribution >= 4 is 11.7 Å². The molecule has 1 aromatic rings. The summed E-state index contributed by atoms with van der Waals surface area (Å²) in [5.74, 6) is -0.992. The van der Waals surface area contributed by atoms with Crippen LogP contribution in [0.5, 0.6) is 0 Å². The van der Waals surface area contributed by atoms with Crippen molar-refractivity contribution in [2.75, 3.05) is 25.5 Å². The molecule has 0 bridgehead atoms. The fraction of sp³-hybridized carbons (Fsp3) is 0.500. The Bertz CT molecular complexity index is 453. The fourth-order valence-corrected chi connectivity index (χ4v) is 2.09. The molecule has 1 amide bonds. The molecule has 0 spiro atoms. The van der Waals surface area contributed by atoms with Gasteiger partial charge in [0.15, 0.2) is 11.6 Å². The minimum Gasteiger partial charge on any atom is -0.391 e. The van der Waals surface area contributed by atoms with Gasteiger partial charge < -0.3 is 15.3 Å². The average molecular weight is 253 g/mol. The zero-order chi connectivity index (χ0) is 13.1. The summed E-state index contributed by atoms with van der Waals surface area (Å²) in [6, 6.07) is 1.36. The van der Waals surface area contributed by atoms with E-state index in [-0.39, 0.29) is 17.9 Å². The lowest BCUT2D eigenvalue weighted by atomic mass is 10.1. The first kappa shape index (κ1) is 12.8. The average Bonchev–Trinajstić information content (AvgIpc) is 2.38. The van der Waals surface area contributed by atoms with Gasteiger partial charge in [-0.15, -0.1) is 0 Å². The first-order valence-electron chi connectivity index (χ1n) is 5.93. The van der Waals surface area contributed by atoms with Crippen LogP contribution in [0.25, 0.3) is 0 Å². The Hall–Kier alpha value is -1.69. The third-order valence-electron chi connectivity index (χ3n) is 3.04. The van der Waals surface area contributed by atoms with Gasteiger partial charge in [0.1, 0.15) is 0 Å². The van der Waals surface area contributed by atoms with Gasteiger partial charge in [-0.2, -0.15) is 0 Å². The number of carbonyl (C=O) groups is 1. The van der Waals surface area contributed by atoms with Gasteiger partial charge in [0.05, 0.1) is 11.7 Å². The summed E-state index contributed by atoms with van der Waals surface area (Å²) in [5, 5.41) is 12.1. The number of piperidine rings is 1. The van der Waals surface area contributed by atoms with Gasteiger partial charge >= 0.3 is 0 Å². The number of aliphatic hydroxyl groups excluding tert-OH is 1. The molecule has 2 rings (SSSR count). The molecule has 98 valence electrons. The van der Waals surface area contributed by atoms with E-state index in [9.17, 15) is 14.3 Å². The second-order valence-corrected chi connectivity index (χ2v) is 4.32. The SMILES string of the molecule is CNc1nccc(C(=O)N2CCCC(O)C2)c1F. The number of halogens is 1. The van der Waals surface area contributed by atoms with E-state index in [4.69, 9.17) is 0 Å². The quantitative estimate of drug-likeness (QED) is 0.820. The van der Waals surface area contributed by atoms with Crippen LogP contribution in [0.4, 0.5) is 10.2 Å². The topological polar surface area (TPSA) is 65.5 Å². The van der Waals surface area contributed by atoms with E-state index in [1.54, 1.807) is 7.05 Å². The van der Waals surface area contributed by atoms with Crippen molar-refractivity contribution in [2.24, 2.45) is 0 Å². The van der Waals surface area contributed by atoms with Gasteiger partial charge in [-0.3, -0.25) is 4.79 Å². The van der Waals surface area contributed by atoms with Crippen LogP contribution in [0, 0.1) is 5.82 Å². The maximum Gasteiger partial charge on any atom is 0.257 e. The molecule has 1 unspecified atom stereocenters. The molecule has 1 aromatic heterocycles. The number of aromatic nitrogens is 1. The molecule has 18 heavy (non-hydrogen) atoms. The number of nitrogens with one attached hydrogen (secondary N) is 1. The van der Waals surface area contributed by atoms with Crippen LogP contribution < -0.4 is 5.32 Å². The van der Waals surface area contributed by atoms with Crippen LogP contribution >= 0.6 is 0 Å². The number of amides is 1. The van der Waals surface area contributed by atoms with Crippen molar-refractivity contribution in [2.45, 2.75) is 18.9 Å². The van der Waals surface area contributed by atoms with E-state index < -0.39 is 17.8 Å². The summed E-state index contributed by atoms with van der Waals surface area (Å²) in [4.78, 5) is 17.4. The van der Waals surface area contributed by atoms with E-state index in [0.717, 1.165) is 6.42 Å². The number of β-amino-alcohol motifs (C(OH)–C–C–N with tert-alkyl or cyclic N) is 1. The van der Waals surface area contributed by atoms with Crippen molar-refractivity contribution < 1.29 is 14.3 Å². The van der Waals surface area contributed by atoms with Gasteiger partial charge in [-0.1, -0.05) is 0 Å². The first-order chi connectivity index (χ1) is 8.63. The lowest BCUT2D eigenvalue weighted by molar-refractivity contribution is 0.0470. The molecule has 2 N–H and O–H groups in total. The number of aliphatic hydroxyl groups is 1. The molecule has 5 nitrogen and oxygen atoms in total. The van der Waals surface area contributed by atoms with Gasteiger partial charge in [-0.05, 0) is 18.9 Å². The zero-order valence-corrected chi connectivity index (χ0v) is 10.2. The van der Waals surface area contributed by atoms with Crippen LogP contribution in [-0.2, 0) is 0 Å². The summed E-state index contributed by atoms with van der Waals surface area (Å²) < 4.78 is 13.9. The number of anilines is 1. The Morgan fingerprint density at radius 1 is 1.67 bits per heavy atom. The number of pyridine rings is 1. The molecule has 0 radical (unpaired) electrons. The normalized spacial score (nSPS) is 19.7. The maximum absolute atomic E-state index is 13.9. The summed E-state index contributed by atoms with van der Waals surface area (Å²) in [6.07, 6.45) is 2.29. The van der Waals surface area contributed by atoms with Crippen molar-refractivity contribution in [3.8, 4) is 0 Å². The summed E-state index contributed by atoms with van der Waals surface area (Å²) in [5.41, 5.74) is -0.0107. The Labute approximate surface area is 105 Å². The molecular formula is C12H16FN3O2. The zero-order valence-electron chi connectivity index (χ0n) is 10.2. The summed E-state index contributed by atoms with van der Waals surface area (Å²) >= 11 is 0. The standard InChI is InChI=1S/C12H16FN3O2/c1-14-11-10(13)9(4-5-15-11)12(18)16-6-2-3-8(17)7-16/h4-5,8,17H,2-3,6-7H2,1H3,(H,14,15). The van der Waals surface area contributed by atoms with Crippen LogP contribution in [0.1, 0.15) is 23.2 Å². The molecule has 1 fully saturated rings. The van der Waals surface area contributed by atoms with Crippen LogP contribution in [0.2, 0.25) is 0 Å². The van der Waals surface area contributed by atoms with Crippen molar-refractivity contribution in [3.63, 3.8) is 0 Å². The van der Waals surface area contributed by atoms with E-state index >= 15 is 0 Å². The highest BCUT2D eigenvalue weighted by Gasteiger charge is 2.25. The van der Waals surface area contributed by atoms with Crippen LogP contribution in [0.3, 0.4) is 0 Å². The van der Waals surface area contributed by atoms with Crippen molar-refractivity contribution in [1.29, 1.82) is 0 Å². The van der Waals surface area contributed by atoms with E-state index in [1.807, 2.05) is 0 Å². The van der Waals surface area contributed by atoms with E-state index in [1.165, 1.54) is 17.2 Å². The van der Waals surface area contributed by atoms with Crippen LogP contribution in [0.15, 0.2) is 12.3 Å². The molecule has 0 aliphatic carbocycles. The van der Waals surface area contributed by atoms with E-state index in [2.05, 4.69) is 10.3 Å². The molecule has 0 aromatic carbocycles. The monoisotopic (exact) mass is 253 g/mol. The Balaban J connectivity index is 2.23. The second-order valence-electron chi connectivity index (χ2n) is 4.32. The van der Waals surface area contributed by atoms with E-state index in [0.29, 0.717) is 13.0 Å². The third-order valence-corrected chi connectivity index (χ3v) is 3.04. The van der Waals surface area contributed by atoms with Gasteiger partial charge in [0.2, 0.25) is 0 Å². The predicted octanol–water partition coefficient (Wildman–Crippen LogP) is 0.859. The number of hydrogen-bond acceptors (Lipinski definition) is 4. The number of nitrogens with zero attached hydrogens (tertiary/aromatic N) is 2. The lowest BCUT2D eigenvalue weighted by Crippen LogP contribution is -2.42. The van der Waals surface area contributed by atoms with Gasteiger partial charge in [0.25, 0.3) is 5.91 Å². The molecular weight excluding hydrogens is 237 g/mol. The second kappa shape index (κ2) is 5.30. The number of rotatable bonds is 2. The molecule has 1 aliphatic rings. The van der Waals surface area contributed by atoms with Crippen molar-refractivity contribution in [3.05, 3.63) is 23.6 Å². The molecule has 1 saturated heterocycles. The van der Waals surface area contributed by atoms with Crippen LogP contribution in [-0.4, -0.2) is 47.1 Å². The Morgan fingerprint density at radius 2 is 2.44 bits per heavy atom. The molecule has 2 heterocycles. The largest absolute Gasteiger partial charge is 0.391 e. The molecule has 1 atom stereocenters. The third kappa shape index (κ3) is 2.43. The Kier molecular flexibility index (Phi) is 3.76. The number of carbonyl (C=O) groups excluding carboxylic acids is 1. The van der Waals surface area contributed by atoms with Gasteiger partial charge in [0, 0.05) is 26.3 Å². The first-order valence-corrected chi connectivity index (χ1v) is 5.93. The fourth-order valence-electron chi connectivity index (χ4n) is 2.09. The minimum atomic E-state index is -0.648. The molecule has 1 aliphatic heterocycles. The predicted molar refractivity (Wildman–Crippen MR) is 64.9 cm³/mol. The molecule has 6 heteroatoms. The highest BCUT2D eigenvalue weighted by Crippen LogP contribution is 2.19.